The SMILES string of the molecule is Cc1noc(C)c1CN1CCN(C(=O)COc2ccc(C(C)C)cc2)CC1. The summed E-state index contributed by atoms with van der Waals surface area (Å²) in [4.78, 5) is 16.7. The number of aryl methyl sites for hydroxylation is 2. The Morgan fingerprint density at radius 2 is 1.81 bits per heavy atom. The molecule has 1 amide bonds. The summed E-state index contributed by atoms with van der Waals surface area (Å²) in [5.41, 5.74) is 3.37. The molecule has 0 saturated carbocycles. The largest absolute Gasteiger partial charge is 0.484 e. The highest BCUT2D eigenvalue weighted by Gasteiger charge is 2.23. The van der Waals surface area contributed by atoms with Crippen LogP contribution in [0.2, 0.25) is 0 Å². The van der Waals surface area contributed by atoms with Crippen LogP contribution in [0, 0.1) is 13.8 Å². The number of rotatable bonds is 6. The maximum Gasteiger partial charge on any atom is 0.260 e. The Morgan fingerprint density at radius 3 is 2.37 bits per heavy atom. The van der Waals surface area contributed by atoms with Gasteiger partial charge in [0.15, 0.2) is 6.61 Å². The van der Waals surface area contributed by atoms with Crippen LogP contribution in [0.25, 0.3) is 0 Å². The molecule has 1 aromatic carbocycles. The van der Waals surface area contributed by atoms with Crippen LogP contribution < -0.4 is 4.74 Å². The van der Waals surface area contributed by atoms with Gasteiger partial charge in [-0.05, 0) is 37.5 Å². The molecule has 1 saturated heterocycles. The third-order valence-corrected chi connectivity index (χ3v) is 5.20. The molecule has 0 spiro atoms. The highest BCUT2D eigenvalue weighted by Crippen LogP contribution is 2.19. The van der Waals surface area contributed by atoms with Crippen LogP contribution in [0.5, 0.6) is 5.75 Å². The Morgan fingerprint density at radius 1 is 1.15 bits per heavy atom. The Balaban J connectivity index is 1.44. The Hall–Kier alpha value is -2.34. The fourth-order valence-corrected chi connectivity index (χ4v) is 3.29. The molecular formula is C21H29N3O3. The highest BCUT2D eigenvalue weighted by atomic mass is 16.5. The summed E-state index contributed by atoms with van der Waals surface area (Å²) in [6.45, 7) is 12.3. The van der Waals surface area contributed by atoms with Crippen molar-refractivity contribution in [2.45, 2.75) is 40.2 Å². The average molecular weight is 371 g/mol. The molecule has 1 aromatic heterocycles. The van der Waals surface area contributed by atoms with Crippen LogP contribution in [0.4, 0.5) is 0 Å². The summed E-state index contributed by atoms with van der Waals surface area (Å²) in [6, 6.07) is 7.98. The number of benzene rings is 1. The van der Waals surface area contributed by atoms with E-state index in [1.165, 1.54) is 5.56 Å². The van der Waals surface area contributed by atoms with E-state index in [9.17, 15) is 4.79 Å². The number of carbonyl (C=O) groups is 1. The third kappa shape index (κ3) is 4.89. The highest BCUT2D eigenvalue weighted by molar-refractivity contribution is 5.77. The van der Waals surface area contributed by atoms with E-state index in [4.69, 9.17) is 9.26 Å². The van der Waals surface area contributed by atoms with Crippen LogP contribution in [0.3, 0.4) is 0 Å². The minimum Gasteiger partial charge on any atom is -0.484 e. The van der Waals surface area contributed by atoms with Crippen LogP contribution in [0.15, 0.2) is 28.8 Å². The number of carbonyl (C=O) groups excluding carboxylic acids is 1. The van der Waals surface area contributed by atoms with Crippen molar-refractivity contribution in [1.82, 2.24) is 15.0 Å². The first-order valence-corrected chi connectivity index (χ1v) is 9.58. The molecule has 0 radical (unpaired) electrons. The lowest BCUT2D eigenvalue weighted by Crippen LogP contribution is -2.49. The van der Waals surface area contributed by atoms with Gasteiger partial charge < -0.3 is 14.2 Å². The molecule has 0 N–H and O–H groups in total. The van der Waals surface area contributed by atoms with E-state index in [2.05, 4.69) is 36.0 Å². The molecule has 1 aliphatic rings. The molecule has 6 heteroatoms. The van der Waals surface area contributed by atoms with Crippen LogP contribution in [-0.4, -0.2) is 53.6 Å². The number of nitrogens with zero attached hydrogens (tertiary/aromatic N) is 3. The van der Waals surface area contributed by atoms with Crippen molar-refractivity contribution >= 4 is 5.91 Å². The molecule has 146 valence electrons. The van der Waals surface area contributed by atoms with Gasteiger partial charge in [0.1, 0.15) is 11.5 Å². The maximum absolute atomic E-state index is 12.4. The second-order valence-electron chi connectivity index (χ2n) is 7.47. The van der Waals surface area contributed by atoms with Gasteiger partial charge in [-0.25, -0.2) is 0 Å². The summed E-state index contributed by atoms with van der Waals surface area (Å²) >= 11 is 0. The smallest absolute Gasteiger partial charge is 0.260 e. The van der Waals surface area contributed by atoms with Gasteiger partial charge in [-0.2, -0.15) is 0 Å². The first-order valence-electron chi connectivity index (χ1n) is 9.58. The first-order chi connectivity index (χ1) is 12.9. The summed E-state index contributed by atoms with van der Waals surface area (Å²) in [7, 11) is 0. The molecule has 27 heavy (non-hydrogen) atoms. The van der Waals surface area contributed by atoms with Crippen LogP contribution in [0.1, 0.15) is 42.3 Å². The molecule has 1 fully saturated rings. The van der Waals surface area contributed by atoms with Gasteiger partial charge in [0, 0.05) is 38.3 Å². The number of aromatic nitrogens is 1. The quantitative estimate of drug-likeness (QED) is 0.781. The minimum atomic E-state index is 0.0416. The lowest BCUT2D eigenvalue weighted by atomic mass is 10.0. The standard InChI is InChI=1S/C21H29N3O3/c1-15(2)18-5-7-19(8-6-18)26-14-21(25)24-11-9-23(10-12-24)13-20-16(3)22-27-17(20)4/h5-8,15H,9-14H2,1-4H3. The molecule has 3 rings (SSSR count). The van der Waals surface area contributed by atoms with E-state index in [0.29, 0.717) is 5.92 Å². The Bertz CT molecular complexity index is 740. The fraction of sp³-hybridized carbons (Fsp3) is 0.524. The van der Waals surface area contributed by atoms with Crippen molar-refractivity contribution in [2.24, 2.45) is 0 Å². The zero-order chi connectivity index (χ0) is 19.4. The molecular weight excluding hydrogens is 342 g/mol. The first kappa shape index (κ1) is 19.4. The van der Waals surface area contributed by atoms with Crippen molar-refractivity contribution in [3.63, 3.8) is 0 Å². The van der Waals surface area contributed by atoms with Gasteiger partial charge in [-0.1, -0.05) is 31.1 Å². The van der Waals surface area contributed by atoms with E-state index in [0.717, 1.165) is 55.5 Å². The van der Waals surface area contributed by atoms with Crippen molar-refractivity contribution in [3.8, 4) is 5.75 Å². The van der Waals surface area contributed by atoms with E-state index in [1.807, 2.05) is 30.9 Å². The Kier molecular flexibility index (Phi) is 6.16. The zero-order valence-electron chi connectivity index (χ0n) is 16.7. The molecule has 0 atom stereocenters. The van der Waals surface area contributed by atoms with Crippen molar-refractivity contribution < 1.29 is 14.1 Å². The normalized spacial score (nSPS) is 15.4. The van der Waals surface area contributed by atoms with Gasteiger partial charge in [0.05, 0.1) is 5.69 Å². The molecule has 0 aliphatic carbocycles. The number of ether oxygens (including phenoxy) is 1. The number of amides is 1. The van der Waals surface area contributed by atoms with Crippen molar-refractivity contribution in [1.29, 1.82) is 0 Å². The molecule has 2 aromatic rings. The van der Waals surface area contributed by atoms with Gasteiger partial charge in [-0.3, -0.25) is 9.69 Å². The lowest BCUT2D eigenvalue weighted by molar-refractivity contribution is -0.135. The maximum atomic E-state index is 12.4. The van der Waals surface area contributed by atoms with Crippen LogP contribution >= 0.6 is 0 Å². The molecule has 1 aliphatic heterocycles. The van der Waals surface area contributed by atoms with Crippen molar-refractivity contribution in [2.75, 3.05) is 32.8 Å². The van der Waals surface area contributed by atoms with E-state index < -0.39 is 0 Å². The average Bonchev–Trinajstić information content (AvgIpc) is 2.99. The Labute approximate surface area is 161 Å². The monoisotopic (exact) mass is 371 g/mol. The van der Waals surface area contributed by atoms with Crippen LogP contribution in [-0.2, 0) is 11.3 Å². The second kappa shape index (κ2) is 8.57. The predicted molar refractivity (Wildman–Crippen MR) is 104 cm³/mol. The van der Waals surface area contributed by atoms with Gasteiger partial charge in [-0.15, -0.1) is 0 Å². The summed E-state index contributed by atoms with van der Waals surface area (Å²) in [5.74, 6) is 2.15. The van der Waals surface area contributed by atoms with E-state index in [-0.39, 0.29) is 12.5 Å². The third-order valence-electron chi connectivity index (χ3n) is 5.20. The summed E-state index contributed by atoms with van der Waals surface area (Å²) in [6.07, 6.45) is 0. The second-order valence-corrected chi connectivity index (χ2v) is 7.47. The van der Waals surface area contributed by atoms with Crippen molar-refractivity contribution in [3.05, 3.63) is 46.8 Å². The topological polar surface area (TPSA) is 58.8 Å². The summed E-state index contributed by atoms with van der Waals surface area (Å²) < 4.78 is 10.9. The summed E-state index contributed by atoms with van der Waals surface area (Å²) in [5, 5.41) is 4.01. The molecule has 2 heterocycles. The molecule has 0 unspecified atom stereocenters. The number of hydrogen-bond acceptors (Lipinski definition) is 5. The van der Waals surface area contributed by atoms with Gasteiger partial charge in [0.25, 0.3) is 5.91 Å². The van der Waals surface area contributed by atoms with E-state index in [1.54, 1.807) is 0 Å². The van der Waals surface area contributed by atoms with Gasteiger partial charge in [0.2, 0.25) is 0 Å². The lowest BCUT2D eigenvalue weighted by Gasteiger charge is -2.34. The fourth-order valence-electron chi connectivity index (χ4n) is 3.29. The minimum absolute atomic E-state index is 0.0416. The molecule has 0 bridgehead atoms. The predicted octanol–water partition coefficient (Wildman–Crippen LogP) is 3.14. The zero-order valence-corrected chi connectivity index (χ0v) is 16.7. The van der Waals surface area contributed by atoms with Gasteiger partial charge >= 0.3 is 0 Å². The van der Waals surface area contributed by atoms with E-state index >= 15 is 0 Å². The number of piperazine rings is 1. The molecule has 6 nitrogen and oxygen atoms in total. The number of hydrogen-bond donors (Lipinski definition) is 0.